The van der Waals surface area contributed by atoms with Crippen LogP contribution in [-0.4, -0.2) is 13.7 Å². The third-order valence-electron chi connectivity index (χ3n) is 4.92. The van der Waals surface area contributed by atoms with Crippen LogP contribution >= 0.6 is 15.9 Å². The van der Waals surface area contributed by atoms with E-state index in [1.54, 1.807) is 7.11 Å². The molecule has 0 amide bonds. The van der Waals surface area contributed by atoms with Crippen molar-refractivity contribution in [1.82, 2.24) is 0 Å². The molecule has 0 bridgehead atoms. The summed E-state index contributed by atoms with van der Waals surface area (Å²) in [5.74, 6) is 1.35. The summed E-state index contributed by atoms with van der Waals surface area (Å²) in [7, 11) is 1.73. The van der Waals surface area contributed by atoms with E-state index in [9.17, 15) is 0 Å². The van der Waals surface area contributed by atoms with Crippen molar-refractivity contribution in [3.05, 3.63) is 57.6 Å². The predicted molar refractivity (Wildman–Crippen MR) is 95.0 cm³/mol. The zero-order chi connectivity index (χ0) is 16.0. The van der Waals surface area contributed by atoms with Crippen LogP contribution in [0.2, 0.25) is 0 Å². The zero-order valence-electron chi connectivity index (χ0n) is 13.3. The number of halogens is 1. The standard InChI is InChI=1S/C19H20BrNO2/c1-11-3-5-16-14(9-11)19-13(7-8-23-19)18(21-16)15-10-12(20)4-6-17(15)22-2/h3-6,9-10,13,18-19,21H,7-8H2,1-2H3/t13-,18-,19-/m0/s1. The molecule has 2 heterocycles. The van der Waals surface area contributed by atoms with Gasteiger partial charge in [-0.2, -0.15) is 0 Å². The highest BCUT2D eigenvalue weighted by molar-refractivity contribution is 9.10. The van der Waals surface area contributed by atoms with Gasteiger partial charge in [-0.15, -0.1) is 0 Å². The first-order chi connectivity index (χ1) is 11.2. The third kappa shape index (κ3) is 2.54. The molecule has 0 spiro atoms. The Morgan fingerprint density at radius 1 is 1.17 bits per heavy atom. The van der Waals surface area contributed by atoms with Crippen LogP contribution in [0.5, 0.6) is 5.75 Å². The molecule has 3 nitrogen and oxygen atoms in total. The summed E-state index contributed by atoms with van der Waals surface area (Å²) < 4.78 is 12.8. The third-order valence-corrected chi connectivity index (χ3v) is 5.41. The largest absolute Gasteiger partial charge is 0.496 e. The van der Waals surface area contributed by atoms with E-state index in [0.717, 1.165) is 23.2 Å². The van der Waals surface area contributed by atoms with E-state index < -0.39 is 0 Å². The molecule has 120 valence electrons. The highest BCUT2D eigenvalue weighted by Gasteiger charge is 2.42. The summed E-state index contributed by atoms with van der Waals surface area (Å²) in [6.45, 7) is 2.95. The van der Waals surface area contributed by atoms with E-state index in [1.807, 2.05) is 12.1 Å². The molecule has 2 aliphatic heterocycles. The number of rotatable bonds is 2. The second kappa shape index (κ2) is 5.84. The molecule has 23 heavy (non-hydrogen) atoms. The smallest absolute Gasteiger partial charge is 0.124 e. The van der Waals surface area contributed by atoms with Gasteiger partial charge in [0.15, 0.2) is 0 Å². The molecular weight excluding hydrogens is 354 g/mol. The first kappa shape index (κ1) is 15.0. The average Bonchev–Trinajstić information content (AvgIpc) is 3.04. The molecule has 0 unspecified atom stereocenters. The highest BCUT2D eigenvalue weighted by Crippen LogP contribution is 2.51. The molecule has 1 fully saturated rings. The van der Waals surface area contributed by atoms with E-state index in [2.05, 4.69) is 52.4 Å². The number of fused-ring (bicyclic) bond motifs is 3. The van der Waals surface area contributed by atoms with Crippen molar-refractivity contribution in [3.8, 4) is 5.75 Å². The van der Waals surface area contributed by atoms with Crippen LogP contribution in [0.4, 0.5) is 5.69 Å². The molecule has 0 aromatic heterocycles. The Hall–Kier alpha value is -1.52. The Balaban J connectivity index is 1.82. The summed E-state index contributed by atoms with van der Waals surface area (Å²) in [6, 6.07) is 13.0. The second-order valence-corrected chi connectivity index (χ2v) is 7.26. The van der Waals surface area contributed by atoms with Crippen molar-refractivity contribution in [2.24, 2.45) is 5.92 Å². The number of hydrogen-bond acceptors (Lipinski definition) is 3. The average molecular weight is 374 g/mol. The fourth-order valence-electron chi connectivity index (χ4n) is 3.85. The summed E-state index contributed by atoms with van der Waals surface area (Å²) in [5.41, 5.74) is 4.93. The minimum absolute atomic E-state index is 0.167. The van der Waals surface area contributed by atoms with Crippen LogP contribution in [0.15, 0.2) is 40.9 Å². The molecule has 0 saturated carbocycles. The number of anilines is 1. The summed E-state index contributed by atoms with van der Waals surface area (Å²) in [6.07, 6.45) is 1.23. The van der Waals surface area contributed by atoms with E-state index >= 15 is 0 Å². The van der Waals surface area contributed by atoms with E-state index in [4.69, 9.17) is 9.47 Å². The fourth-order valence-corrected chi connectivity index (χ4v) is 4.23. The molecule has 1 saturated heterocycles. The molecule has 0 aliphatic carbocycles. The molecule has 2 aromatic rings. The molecule has 2 aliphatic rings. The maximum atomic E-state index is 6.10. The van der Waals surface area contributed by atoms with Gasteiger partial charge in [0.1, 0.15) is 5.75 Å². The quantitative estimate of drug-likeness (QED) is 0.802. The first-order valence-electron chi connectivity index (χ1n) is 7.99. The van der Waals surface area contributed by atoms with Gasteiger partial charge < -0.3 is 14.8 Å². The number of hydrogen-bond donors (Lipinski definition) is 1. The van der Waals surface area contributed by atoms with Gasteiger partial charge in [0.05, 0.1) is 19.3 Å². The van der Waals surface area contributed by atoms with Crippen LogP contribution < -0.4 is 10.1 Å². The number of aryl methyl sites for hydroxylation is 1. The van der Waals surface area contributed by atoms with Gasteiger partial charge in [-0.05, 0) is 37.6 Å². The SMILES string of the molecule is COc1ccc(Br)cc1[C@H]1Nc2ccc(C)cc2[C@H]2OCC[C@@H]12. The molecule has 3 atom stereocenters. The first-order valence-corrected chi connectivity index (χ1v) is 8.79. The normalized spacial score (nSPS) is 25.4. The topological polar surface area (TPSA) is 30.5 Å². The Labute approximate surface area is 145 Å². The summed E-state index contributed by atoms with van der Waals surface area (Å²) >= 11 is 3.59. The molecular formula is C19H20BrNO2. The number of benzene rings is 2. The van der Waals surface area contributed by atoms with Gasteiger partial charge in [0.25, 0.3) is 0 Å². The number of ether oxygens (including phenoxy) is 2. The molecule has 4 heteroatoms. The van der Waals surface area contributed by atoms with E-state index in [0.29, 0.717) is 5.92 Å². The maximum Gasteiger partial charge on any atom is 0.124 e. The molecule has 1 N–H and O–H groups in total. The van der Waals surface area contributed by atoms with Gasteiger partial charge in [0, 0.05) is 33.8 Å². The van der Waals surface area contributed by atoms with Crippen molar-refractivity contribution in [1.29, 1.82) is 0 Å². The lowest BCUT2D eigenvalue weighted by Gasteiger charge is -2.37. The predicted octanol–water partition coefficient (Wildman–Crippen LogP) is 5.01. The van der Waals surface area contributed by atoms with Gasteiger partial charge in [-0.1, -0.05) is 33.6 Å². The van der Waals surface area contributed by atoms with Gasteiger partial charge in [0.2, 0.25) is 0 Å². The molecule has 4 rings (SSSR count). The van der Waals surface area contributed by atoms with Crippen molar-refractivity contribution in [3.63, 3.8) is 0 Å². The van der Waals surface area contributed by atoms with Crippen LogP contribution in [0.1, 0.15) is 35.3 Å². The van der Waals surface area contributed by atoms with Crippen LogP contribution in [0.3, 0.4) is 0 Å². The number of methoxy groups -OCH3 is 1. The van der Waals surface area contributed by atoms with E-state index in [1.165, 1.54) is 22.4 Å². The minimum Gasteiger partial charge on any atom is -0.496 e. The Morgan fingerprint density at radius 3 is 2.87 bits per heavy atom. The van der Waals surface area contributed by atoms with Crippen molar-refractivity contribution in [2.75, 3.05) is 19.0 Å². The minimum atomic E-state index is 0.167. The van der Waals surface area contributed by atoms with Crippen LogP contribution in [-0.2, 0) is 4.74 Å². The highest BCUT2D eigenvalue weighted by atomic mass is 79.9. The van der Waals surface area contributed by atoms with Gasteiger partial charge in [-0.3, -0.25) is 0 Å². The lowest BCUT2D eigenvalue weighted by atomic mass is 9.80. The zero-order valence-corrected chi connectivity index (χ0v) is 14.9. The summed E-state index contributed by atoms with van der Waals surface area (Å²) in [5, 5.41) is 3.73. The lowest BCUT2D eigenvalue weighted by Crippen LogP contribution is -2.29. The van der Waals surface area contributed by atoms with Gasteiger partial charge in [-0.25, -0.2) is 0 Å². The van der Waals surface area contributed by atoms with Crippen molar-refractivity contribution in [2.45, 2.75) is 25.5 Å². The Kier molecular flexibility index (Phi) is 3.82. The Bertz CT molecular complexity index is 746. The maximum absolute atomic E-state index is 6.10. The fraction of sp³-hybridized carbons (Fsp3) is 0.368. The van der Waals surface area contributed by atoms with Crippen molar-refractivity contribution >= 4 is 21.6 Å². The second-order valence-electron chi connectivity index (χ2n) is 6.34. The molecule has 0 radical (unpaired) electrons. The van der Waals surface area contributed by atoms with Crippen molar-refractivity contribution < 1.29 is 9.47 Å². The van der Waals surface area contributed by atoms with Crippen LogP contribution in [0.25, 0.3) is 0 Å². The number of nitrogens with one attached hydrogen (secondary N) is 1. The Morgan fingerprint density at radius 2 is 2.04 bits per heavy atom. The lowest BCUT2D eigenvalue weighted by molar-refractivity contribution is 0.0826. The monoisotopic (exact) mass is 373 g/mol. The van der Waals surface area contributed by atoms with E-state index in [-0.39, 0.29) is 12.1 Å². The van der Waals surface area contributed by atoms with Gasteiger partial charge >= 0.3 is 0 Å². The van der Waals surface area contributed by atoms with Crippen LogP contribution in [0, 0.1) is 12.8 Å². The molecule has 2 aromatic carbocycles. The summed E-state index contributed by atoms with van der Waals surface area (Å²) in [4.78, 5) is 0.